The first kappa shape index (κ1) is 19.4. The third-order valence-electron chi connectivity index (χ3n) is 6.15. The van der Waals surface area contributed by atoms with Gasteiger partial charge in [-0.3, -0.25) is 19.3 Å². The SMILES string of the molecule is CC1CCCCC1NC(=O)C(Cc1ccccc1)N1C(=O)c2ccccc2C1=O. The second kappa shape index (κ2) is 8.19. The minimum absolute atomic E-state index is 0.0877. The van der Waals surface area contributed by atoms with Gasteiger partial charge in [-0.15, -0.1) is 0 Å². The number of hydrogen-bond acceptors (Lipinski definition) is 3. The van der Waals surface area contributed by atoms with E-state index >= 15 is 0 Å². The molecule has 5 nitrogen and oxygen atoms in total. The molecule has 1 aliphatic carbocycles. The van der Waals surface area contributed by atoms with Crippen molar-refractivity contribution in [3.63, 3.8) is 0 Å². The van der Waals surface area contributed by atoms with Crippen molar-refractivity contribution >= 4 is 17.7 Å². The van der Waals surface area contributed by atoms with Crippen molar-refractivity contribution < 1.29 is 14.4 Å². The molecule has 150 valence electrons. The zero-order valence-corrected chi connectivity index (χ0v) is 16.6. The van der Waals surface area contributed by atoms with Crippen LogP contribution in [0.5, 0.6) is 0 Å². The first-order valence-electron chi connectivity index (χ1n) is 10.4. The van der Waals surface area contributed by atoms with Crippen LogP contribution in [0.15, 0.2) is 54.6 Å². The maximum absolute atomic E-state index is 13.3. The zero-order chi connectivity index (χ0) is 20.4. The van der Waals surface area contributed by atoms with E-state index in [2.05, 4.69) is 12.2 Å². The molecule has 29 heavy (non-hydrogen) atoms. The molecule has 0 aromatic heterocycles. The number of hydrogen-bond donors (Lipinski definition) is 1. The number of benzene rings is 2. The minimum atomic E-state index is -0.862. The summed E-state index contributed by atoms with van der Waals surface area (Å²) in [6.07, 6.45) is 4.60. The van der Waals surface area contributed by atoms with E-state index in [-0.39, 0.29) is 11.9 Å². The lowest BCUT2D eigenvalue weighted by Gasteiger charge is -2.33. The molecule has 3 atom stereocenters. The first-order chi connectivity index (χ1) is 14.1. The van der Waals surface area contributed by atoms with Gasteiger partial charge in [-0.1, -0.05) is 62.2 Å². The third kappa shape index (κ3) is 3.82. The summed E-state index contributed by atoms with van der Waals surface area (Å²) in [7, 11) is 0. The summed E-state index contributed by atoms with van der Waals surface area (Å²) in [5.74, 6) is -0.633. The second-order valence-corrected chi connectivity index (χ2v) is 8.11. The lowest BCUT2D eigenvalue weighted by Crippen LogP contribution is -2.54. The average Bonchev–Trinajstić information content (AvgIpc) is 2.99. The molecule has 3 unspecified atom stereocenters. The minimum Gasteiger partial charge on any atom is -0.351 e. The molecule has 4 rings (SSSR count). The van der Waals surface area contributed by atoms with Gasteiger partial charge in [0.25, 0.3) is 11.8 Å². The number of nitrogens with one attached hydrogen (secondary N) is 1. The van der Waals surface area contributed by atoms with Crippen LogP contribution in [-0.2, 0) is 11.2 Å². The number of amides is 3. The van der Waals surface area contributed by atoms with Crippen molar-refractivity contribution in [1.29, 1.82) is 0 Å². The molecule has 3 amide bonds. The maximum atomic E-state index is 13.3. The Hall–Kier alpha value is -2.95. The first-order valence-corrected chi connectivity index (χ1v) is 10.4. The van der Waals surface area contributed by atoms with Gasteiger partial charge in [0.2, 0.25) is 5.91 Å². The lowest BCUT2D eigenvalue weighted by atomic mass is 9.85. The van der Waals surface area contributed by atoms with E-state index in [1.165, 1.54) is 6.42 Å². The molecule has 1 aliphatic heterocycles. The molecular formula is C24H26N2O3. The van der Waals surface area contributed by atoms with E-state index in [4.69, 9.17) is 0 Å². The quantitative estimate of drug-likeness (QED) is 0.794. The van der Waals surface area contributed by atoms with Crippen molar-refractivity contribution in [2.24, 2.45) is 5.92 Å². The van der Waals surface area contributed by atoms with Gasteiger partial charge in [0.05, 0.1) is 11.1 Å². The van der Waals surface area contributed by atoms with Gasteiger partial charge in [0, 0.05) is 12.5 Å². The fraction of sp³-hybridized carbons (Fsp3) is 0.375. The topological polar surface area (TPSA) is 66.5 Å². The normalized spacial score (nSPS) is 22.3. The Morgan fingerprint density at radius 3 is 2.17 bits per heavy atom. The van der Waals surface area contributed by atoms with E-state index in [1.54, 1.807) is 24.3 Å². The van der Waals surface area contributed by atoms with Crippen molar-refractivity contribution in [3.05, 3.63) is 71.3 Å². The molecular weight excluding hydrogens is 364 g/mol. The van der Waals surface area contributed by atoms with Crippen LogP contribution < -0.4 is 5.32 Å². The number of fused-ring (bicyclic) bond motifs is 1. The molecule has 1 heterocycles. The van der Waals surface area contributed by atoms with Crippen LogP contribution in [0.25, 0.3) is 0 Å². The Bertz CT molecular complexity index is 890. The monoisotopic (exact) mass is 390 g/mol. The fourth-order valence-corrected chi connectivity index (χ4v) is 4.44. The number of carbonyl (C=O) groups excluding carboxylic acids is 3. The third-order valence-corrected chi connectivity index (χ3v) is 6.15. The van der Waals surface area contributed by atoms with E-state index in [0.717, 1.165) is 29.7 Å². The van der Waals surface area contributed by atoms with E-state index < -0.39 is 17.9 Å². The molecule has 2 aliphatic rings. The summed E-state index contributed by atoms with van der Waals surface area (Å²) in [6, 6.07) is 15.5. The van der Waals surface area contributed by atoms with Gasteiger partial charge < -0.3 is 5.32 Å². The van der Waals surface area contributed by atoms with E-state index in [1.807, 2.05) is 30.3 Å². The van der Waals surface area contributed by atoms with Gasteiger partial charge in [-0.25, -0.2) is 0 Å². The molecule has 2 aromatic carbocycles. The highest BCUT2D eigenvalue weighted by molar-refractivity contribution is 6.22. The van der Waals surface area contributed by atoms with Crippen LogP contribution in [0.1, 0.15) is 58.9 Å². The molecule has 1 saturated carbocycles. The smallest absolute Gasteiger partial charge is 0.262 e. The number of nitrogens with zero attached hydrogens (tertiary/aromatic N) is 1. The Labute approximate surface area is 171 Å². The van der Waals surface area contributed by atoms with Crippen molar-refractivity contribution in [2.45, 2.75) is 51.1 Å². The highest BCUT2D eigenvalue weighted by Crippen LogP contribution is 2.28. The molecule has 0 bridgehead atoms. The summed E-state index contributed by atoms with van der Waals surface area (Å²) >= 11 is 0. The van der Waals surface area contributed by atoms with Crippen molar-refractivity contribution in [1.82, 2.24) is 10.2 Å². The standard InChI is InChI=1S/C24H26N2O3/c1-16-9-5-8-14-20(16)25-22(27)21(15-17-10-3-2-4-11-17)26-23(28)18-12-6-7-13-19(18)24(26)29/h2-4,6-7,10-13,16,20-21H,5,8-9,14-15H2,1H3,(H,25,27). The fourth-order valence-electron chi connectivity index (χ4n) is 4.44. The molecule has 2 aromatic rings. The Morgan fingerprint density at radius 1 is 0.966 bits per heavy atom. The van der Waals surface area contributed by atoms with Gasteiger partial charge in [0.1, 0.15) is 6.04 Å². The predicted octanol–water partition coefficient (Wildman–Crippen LogP) is 3.59. The predicted molar refractivity (Wildman–Crippen MR) is 110 cm³/mol. The Morgan fingerprint density at radius 2 is 1.55 bits per heavy atom. The van der Waals surface area contributed by atoms with Crippen LogP contribution in [-0.4, -0.2) is 34.7 Å². The average molecular weight is 390 g/mol. The zero-order valence-electron chi connectivity index (χ0n) is 16.6. The van der Waals surface area contributed by atoms with Crippen LogP contribution in [0.3, 0.4) is 0 Å². The van der Waals surface area contributed by atoms with Gasteiger partial charge in [0.15, 0.2) is 0 Å². The molecule has 0 radical (unpaired) electrons. The lowest BCUT2D eigenvalue weighted by molar-refractivity contribution is -0.126. The van der Waals surface area contributed by atoms with Crippen molar-refractivity contribution in [2.75, 3.05) is 0 Å². The highest BCUT2D eigenvalue weighted by atomic mass is 16.2. The number of imide groups is 1. The summed E-state index contributed by atoms with van der Waals surface area (Å²) < 4.78 is 0. The second-order valence-electron chi connectivity index (χ2n) is 8.11. The molecule has 1 fully saturated rings. The van der Waals surface area contributed by atoms with Crippen LogP contribution in [0.4, 0.5) is 0 Å². The molecule has 5 heteroatoms. The van der Waals surface area contributed by atoms with Crippen LogP contribution in [0.2, 0.25) is 0 Å². The summed E-state index contributed by atoms with van der Waals surface area (Å²) in [4.78, 5) is 40.5. The number of carbonyl (C=O) groups is 3. The Kier molecular flexibility index (Phi) is 5.47. The van der Waals surface area contributed by atoms with Crippen molar-refractivity contribution in [3.8, 4) is 0 Å². The van der Waals surface area contributed by atoms with Crippen LogP contribution in [0, 0.1) is 5.92 Å². The summed E-state index contributed by atoms with van der Waals surface area (Å²) in [5, 5.41) is 3.15. The Balaban J connectivity index is 1.63. The van der Waals surface area contributed by atoms with Crippen LogP contribution >= 0.6 is 0 Å². The maximum Gasteiger partial charge on any atom is 0.262 e. The molecule has 1 N–H and O–H groups in total. The summed E-state index contributed by atoms with van der Waals surface area (Å²) in [5.41, 5.74) is 1.66. The van der Waals surface area contributed by atoms with Gasteiger partial charge in [-0.05, 0) is 36.5 Å². The van der Waals surface area contributed by atoms with E-state index in [9.17, 15) is 14.4 Å². The summed E-state index contributed by atoms with van der Waals surface area (Å²) in [6.45, 7) is 2.15. The molecule has 0 spiro atoms. The van der Waals surface area contributed by atoms with E-state index in [0.29, 0.717) is 23.5 Å². The van der Waals surface area contributed by atoms with Gasteiger partial charge in [-0.2, -0.15) is 0 Å². The van der Waals surface area contributed by atoms with Gasteiger partial charge >= 0.3 is 0 Å². The largest absolute Gasteiger partial charge is 0.351 e. The molecule has 0 saturated heterocycles. The highest BCUT2D eigenvalue weighted by Gasteiger charge is 2.43. The number of rotatable bonds is 5.